The molecule has 56 heavy (non-hydrogen) atoms. The van der Waals surface area contributed by atoms with Crippen molar-refractivity contribution in [3.05, 3.63) is 73.1 Å². The lowest BCUT2D eigenvalue weighted by atomic mass is 10.0. The molecule has 0 amide bonds. The summed E-state index contributed by atoms with van der Waals surface area (Å²) in [5, 5.41) is 9.77. The van der Waals surface area contributed by atoms with Crippen LogP contribution in [0.15, 0.2) is 73.1 Å². The third-order valence-electron chi connectivity index (χ3n) is 8.95. The van der Waals surface area contributed by atoms with Crippen molar-refractivity contribution in [1.29, 1.82) is 0 Å². The molecule has 0 heterocycles. The third-order valence-corrected chi connectivity index (χ3v) is 9.93. The van der Waals surface area contributed by atoms with Gasteiger partial charge >= 0.3 is 13.8 Å². The number of aliphatic hydroxyl groups is 1. The Kier molecular flexibility index (Phi) is 36.7. The smallest absolute Gasteiger partial charge is 0.472 e. The first kappa shape index (κ1) is 53.7. The topological polar surface area (TPSA) is 112 Å². The van der Waals surface area contributed by atoms with Crippen molar-refractivity contribution >= 4 is 13.8 Å². The van der Waals surface area contributed by atoms with Crippen LogP contribution in [0.4, 0.5) is 0 Å². The van der Waals surface area contributed by atoms with Gasteiger partial charge in [0.2, 0.25) is 0 Å². The largest absolute Gasteiger partial charge is 0.492 e. The summed E-state index contributed by atoms with van der Waals surface area (Å²) in [4.78, 5) is 22.6. The number of carbonyl (C=O) groups is 1. The minimum absolute atomic E-state index is 0.0710. The van der Waals surface area contributed by atoms with Crippen molar-refractivity contribution in [3.8, 4) is 0 Å². The first-order valence-electron chi connectivity index (χ1n) is 21.8. The minimum Gasteiger partial charge on any atom is -0.492 e. The summed E-state index contributed by atoms with van der Waals surface area (Å²) in [5.74, 6) is -0.350. The Hall–Kier alpha value is -2.26. The number of ether oxygens (including phenoxy) is 2. The van der Waals surface area contributed by atoms with Crippen molar-refractivity contribution in [3.63, 3.8) is 0 Å². The average Bonchev–Trinajstić information content (AvgIpc) is 3.15. The van der Waals surface area contributed by atoms with Gasteiger partial charge in [0.05, 0.1) is 40.1 Å². The molecular weight excluding hydrogens is 725 g/mol. The highest BCUT2D eigenvalue weighted by molar-refractivity contribution is 7.47. The number of allylic oxidation sites excluding steroid dienone is 9. The Labute approximate surface area is 343 Å². The van der Waals surface area contributed by atoms with Gasteiger partial charge in [-0.1, -0.05) is 158 Å². The van der Waals surface area contributed by atoms with E-state index in [0.717, 1.165) is 38.5 Å². The molecule has 0 bridgehead atoms. The summed E-state index contributed by atoms with van der Waals surface area (Å²) in [7, 11) is 1.61. The molecule has 2 N–H and O–H groups in total. The summed E-state index contributed by atoms with van der Waals surface area (Å²) >= 11 is 0. The van der Waals surface area contributed by atoms with E-state index in [1.54, 1.807) is 6.26 Å². The second kappa shape index (κ2) is 38.3. The van der Waals surface area contributed by atoms with E-state index >= 15 is 0 Å². The van der Waals surface area contributed by atoms with Crippen LogP contribution in [0.5, 0.6) is 0 Å². The molecule has 0 rings (SSSR count). The Balaban J connectivity index is 4.42. The number of phosphoric acid groups is 1. The van der Waals surface area contributed by atoms with Gasteiger partial charge in [-0.2, -0.15) is 0 Å². The number of unbranched alkanes of at least 4 members (excludes halogenated alkanes) is 15. The fourth-order valence-corrected chi connectivity index (χ4v) is 6.22. The van der Waals surface area contributed by atoms with Gasteiger partial charge < -0.3 is 24.0 Å². The van der Waals surface area contributed by atoms with E-state index in [9.17, 15) is 19.4 Å². The van der Waals surface area contributed by atoms with Gasteiger partial charge in [0.15, 0.2) is 6.10 Å². The summed E-state index contributed by atoms with van der Waals surface area (Å²) in [6, 6.07) is 0. The van der Waals surface area contributed by atoms with Gasteiger partial charge in [0.1, 0.15) is 19.8 Å². The van der Waals surface area contributed by atoms with Crippen LogP contribution in [0.25, 0.3) is 0 Å². The molecule has 0 saturated heterocycles. The highest BCUT2D eigenvalue weighted by Gasteiger charge is 2.25. The first-order chi connectivity index (χ1) is 27.0. The second-order valence-electron chi connectivity index (χ2n) is 15.6. The van der Waals surface area contributed by atoms with Crippen LogP contribution >= 0.6 is 7.82 Å². The number of quaternary nitrogens is 1. The zero-order chi connectivity index (χ0) is 41.4. The predicted octanol–water partition coefficient (Wildman–Crippen LogP) is 12.0. The van der Waals surface area contributed by atoms with Crippen molar-refractivity contribution < 1.29 is 42.4 Å². The van der Waals surface area contributed by atoms with E-state index in [0.29, 0.717) is 23.9 Å². The number of nitrogens with zero attached hydrogens (tertiary/aromatic N) is 1. The van der Waals surface area contributed by atoms with Gasteiger partial charge in [-0.15, -0.1) is 0 Å². The van der Waals surface area contributed by atoms with Crippen LogP contribution in [0.3, 0.4) is 0 Å². The van der Waals surface area contributed by atoms with Crippen LogP contribution in [0.2, 0.25) is 0 Å². The lowest BCUT2D eigenvalue weighted by Crippen LogP contribution is -2.37. The van der Waals surface area contributed by atoms with Gasteiger partial charge in [-0.05, 0) is 57.4 Å². The molecule has 0 aliphatic carbocycles. The molecule has 2 unspecified atom stereocenters. The predicted molar refractivity (Wildman–Crippen MR) is 234 cm³/mol. The molecular formula is C46H83NO8P+. The number of rotatable bonds is 39. The number of phosphoric ester groups is 1. The quantitative estimate of drug-likeness (QED) is 0.0120. The van der Waals surface area contributed by atoms with E-state index in [-0.39, 0.29) is 32.2 Å². The summed E-state index contributed by atoms with van der Waals surface area (Å²) in [6.07, 6.45) is 46.7. The van der Waals surface area contributed by atoms with E-state index in [2.05, 4.69) is 37.3 Å². The lowest BCUT2D eigenvalue weighted by Gasteiger charge is -2.24. The van der Waals surface area contributed by atoms with E-state index in [1.165, 1.54) is 83.5 Å². The normalized spacial score (nSPS) is 15.0. The fourth-order valence-electron chi connectivity index (χ4n) is 5.47. The molecule has 0 radical (unpaired) electrons. The SMILES string of the molecule is CC/C=C\C(O)C/C=C/C=C\C/C=C\C/C=C\CCCC(=O)OC[C@H](COP(=O)(O)OCC[N+](C)(C)C)O/C=C/CCCCCCCCCCCCCCCC. The highest BCUT2D eigenvalue weighted by atomic mass is 31.2. The van der Waals surface area contributed by atoms with Crippen LogP contribution in [0, 0.1) is 0 Å². The molecule has 0 aliphatic rings. The van der Waals surface area contributed by atoms with E-state index in [4.69, 9.17) is 18.5 Å². The van der Waals surface area contributed by atoms with Gasteiger partial charge in [0.25, 0.3) is 0 Å². The Morgan fingerprint density at radius 1 is 0.679 bits per heavy atom. The van der Waals surface area contributed by atoms with Crippen LogP contribution in [0.1, 0.15) is 155 Å². The number of aliphatic hydroxyl groups excluding tert-OH is 1. The molecule has 10 heteroatoms. The molecule has 324 valence electrons. The Morgan fingerprint density at radius 3 is 1.88 bits per heavy atom. The van der Waals surface area contributed by atoms with Crippen LogP contribution in [-0.2, 0) is 27.9 Å². The third kappa shape index (κ3) is 41.4. The van der Waals surface area contributed by atoms with Crippen LogP contribution in [-0.4, -0.2) is 80.2 Å². The number of hydrogen-bond donors (Lipinski definition) is 2. The average molecular weight is 809 g/mol. The monoisotopic (exact) mass is 809 g/mol. The fraction of sp³-hybridized carbons (Fsp3) is 0.717. The van der Waals surface area contributed by atoms with Gasteiger partial charge in [-0.25, -0.2) is 4.57 Å². The lowest BCUT2D eigenvalue weighted by molar-refractivity contribution is -0.870. The molecule has 9 nitrogen and oxygen atoms in total. The number of esters is 1. The molecule has 0 spiro atoms. The summed E-state index contributed by atoms with van der Waals surface area (Å²) in [6.45, 7) is 4.58. The zero-order valence-electron chi connectivity index (χ0n) is 36.2. The molecule has 0 saturated carbocycles. The van der Waals surface area contributed by atoms with Gasteiger partial charge in [-0.3, -0.25) is 13.8 Å². The molecule has 0 aromatic heterocycles. The maximum Gasteiger partial charge on any atom is 0.472 e. The van der Waals surface area contributed by atoms with E-state index < -0.39 is 20.0 Å². The number of hydrogen-bond acceptors (Lipinski definition) is 7. The molecule has 0 aromatic rings. The van der Waals surface area contributed by atoms with Crippen molar-refractivity contribution in [1.82, 2.24) is 0 Å². The first-order valence-corrected chi connectivity index (χ1v) is 23.3. The summed E-state index contributed by atoms with van der Waals surface area (Å²) in [5.41, 5.74) is 0. The second-order valence-corrected chi connectivity index (χ2v) is 17.1. The molecule has 0 aliphatic heterocycles. The maximum absolute atomic E-state index is 12.5. The minimum atomic E-state index is -4.29. The molecule has 0 aromatic carbocycles. The molecule has 0 fully saturated rings. The highest BCUT2D eigenvalue weighted by Crippen LogP contribution is 2.43. The van der Waals surface area contributed by atoms with Crippen molar-refractivity contribution in [2.75, 3.05) is 47.5 Å². The van der Waals surface area contributed by atoms with E-state index in [1.807, 2.05) is 64.5 Å². The standard InChI is InChI=1S/C46H82NO8P/c1-6-8-10-11-12-13-14-15-16-17-20-23-26-29-32-35-40-52-45(43-55-56(50,51)54-41-39-47(3,4)5)42-53-46(49)38-34-31-28-25-22-19-18-21-24-27-30-33-37-44(48)36-9-7-2/h9,18-19,24-25,27-28,30,33,35-36,40,44-45,48H,6-8,10-17,20-23,26,29,31-32,34,37-39,41-43H2,1-5H3/p+1/b19-18-,27-24-,28-25-,33-30+,36-9-,40-35+/t44?,45-/m1/s1. The Morgan fingerprint density at radius 2 is 1.25 bits per heavy atom. The maximum atomic E-state index is 12.5. The Bertz CT molecular complexity index is 1140. The van der Waals surface area contributed by atoms with Crippen molar-refractivity contribution in [2.24, 2.45) is 0 Å². The van der Waals surface area contributed by atoms with Crippen molar-refractivity contribution in [2.45, 2.75) is 167 Å². The van der Waals surface area contributed by atoms with Crippen LogP contribution < -0.4 is 0 Å². The van der Waals surface area contributed by atoms with Gasteiger partial charge in [0, 0.05) is 6.42 Å². The molecule has 3 atom stereocenters. The number of carbonyl (C=O) groups excluding carboxylic acids is 1. The number of likely N-dealkylation sites (N-methyl/N-ethyl adjacent to an activating group) is 1. The zero-order valence-corrected chi connectivity index (χ0v) is 37.1. The summed E-state index contributed by atoms with van der Waals surface area (Å²) < 4.78 is 34.7.